The Kier molecular flexibility index (Phi) is 13.2. The van der Waals surface area contributed by atoms with Crippen LogP contribution in [0.5, 0.6) is 17.2 Å². The first kappa shape index (κ1) is 44.6. The summed E-state index contributed by atoms with van der Waals surface area (Å²) >= 11 is 0. The fourth-order valence-corrected chi connectivity index (χ4v) is 6.71. The fourth-order valence-electron chi connectivity index (χ4n) is 6.71. The van der Waals surface area contributed by atoms with E-state index >= 15 is 0 Å². The molecule has 0 unspecified atom stereocenters. The molecule has 15 heteroatoms. The van der Waals surface area contributed by atoms with Crippen molar-refractivity contribution in [1.29, 1.82) is 0 Å². The zero-order chi connectivity index (χ0) is 45.8. The van der Waals surface area contributed by atoms with Gasteiger partial charge in [0.05, 0.1) is 29.0 Å². The molecule has 2 heterocycles. The highest BCUT2D eigenvalue weighted by atomic mass is 19.2. The van der Waals surface area contributed by atoms with E-state index in [1.807, 2.05) is 13.8 Å². The van der Waals surface area contributed by atoms with Crippen molar-refractivity contribution >= 4 is 21.9 Å². The van der Waals surface area contributed by atoms with E-state index in [0.29, 0.717) is 22.6 Å². The van der Waals surface area contributed by atoms with Crippen LogP contribution in [0.4, 0.5) is 35.1 Å². The van der Waals surface area contributed by atoms with Crippen LogP contribution >= 0.6 is 0 Å². The summed E-state index contributed by atoms with van der Waals surface area (Å²) in [7, 11) is 1.44. The zero-order valence-corrected chi connectivity index (χ0v) is 34.0. The Hall–Kier alpha value is -7.42. The molecular weight excluding hydrogens is 853 g/mol. The lowest BCUT2D eigenvalue weighted by atomic mass is 10.0. The van der Waals surface area contributed by atoms with Crippen LogP contribution in [0, 0.1) is 60.4 Å². The molecule has 0 aliphatic heterocycles. The lowest BCUT2D eigenvalue weighted by molar-refractivity contribution is 0.297. The van der Waals surface area contributed by atoms with Gasteiger partial charge >= 0.3 is 11.3 Å². The van der Waals surface area contributed by atoms with Crippen molar-refractivity contribution in [2.45, 2.75) is 39.9 Å². The largest absolute Gasteiger partial charge is 0.497 e. The molecular formula is C49H34F8O7. The number of methoxy groups -OCH3 is 1. The molecule has 0 N–H and O–H groups in total. The first-order valence-electron chi connectivity index (χ1n) is 19.3. The second-order valence-electron chi connectivity index (χ2n) is 14.6. The van der Waals surface area contributed by atoms with Gasteiger partial charge in [0, 0.05) is 54.3 Å². The van der Waals surface area contributed by atoms with Gasteiger partial charge in [-0.15, -0.1) is 0 Å². The van der Waals surface area contributed by atoms with E-state index in [2.05, 4.69) is 0 Å². The highest BCUT2D eigenvalue weighted by molar-refractivity contribution is 5.87. The average Bonchev–Trinajstić information content (AvgIpc) is 3.24. The number of aryl methyl sites for hydroxylation is 2. The Morgan fingerprint density at radius 3 is 1.27 bits per heavy atom. The summed E-state index contributed by atoms with van der Waals surface area (Å²) in [6, 6.07) is 20.2. The van der Waals surface area contributed by atoms with Gasteiger partial charge in [0.25, 0.3) is 0 Å². The molecule has 0 saturated heterocycles. The molecule has 2 aromatic heterocycles. The first-order valence-corrected chi connectivity index (χ1v) is 19.3. The third kappa shape index (κ3) is 9.94. The molecule has 0 amide bonds. The standard InChI is InChI=1S/C25H18F4O3.C24H16F4O4/c1-13-7-19-23(8-14(13)2)32-25(30)20(9-15-3-5-17(26)10-21(15)28)24(19)31-12-16-4-6-18(27)11-22(16)29;1-30-17-6-7-18-22(11-17)32-24(29)19(8-13-2-4-15(25)9-20(13)27)23(18)31-12-14-3-5-16(26)10-21(14)28/h3-8,10-11H,9,12H2,1-2H3;2-7,9-11H,8,12H2,1H3. The second kappa shape index (κ2) is 18.9. The van der Waals surface area contributed by atoms with Gasteiger partial charge in [0.2, 0.25) is 0 Å². The van der Waals surface area contributed by atoms with Crippen molar-refractivity contribution in [1.82, 2.24) is 0 Å². The number of rotatable bonds is 11. The third-order valence-electron chi connectivity index (χ3n) is 10.3. The molecule has 0 spiro atoms. The van der Waals surface area contributed by atoms with E-state index in [0.717, 1.165) is 53.6 Å². The molecule has 0 saturated carbocycles. The molecule has 0 atom stereocenters. The van der Waals surface area contributed by atoms with Crippen LogP contribution < -0.4 is 25.5 Å². The fraction of sp³-hybridized carbons (Fsp3) is 0.143. The number of hydrogen-bond donors (Lipinski definition) is 0. The van der Waals surface area contributed by atoms with E-state index in [-0.39, 0.29) is 82.1 Å². The monoisotopic (exact) mass is 886 g/mol. The van der Waals surface area contributed by atoms with E-state index in [1.165, 1.54) is 37.4 Å². The van der Waals surface area contributed by atoms with Crippen molar-refractivity contribution < 1.29 is 58.2 Å². The summed E-state index contributed by atoms with van der Waals surface area (Å²) in [6.45, 7) is 3.10. The summed E-state index contributed by atoms with van der Waals surface area (Å²) in [5, 5.41) is 0.818. The zero-order valence-electron chi connectivity index (χ0n) is 34.0. The van der Waals surface area contributed by atoms with Gasteiger partial charge in [-0.05, 0) is 96.8 Å². The normalized spacial score (nSPS) is 11.1. The minimum Gasteiger partial charge on any atom is -0.497 e. The molecule has 7 nitrogen and oxygen atoms in total. The third-order valence-corrected chi connectivity index (χ3v) is 10.3. The summed E-state index contributed by atoms with van der Waals surface area (Å²) in [5.41, 5.74) is 0.854. The molecule has 0 fully saturated rings. The predicted octanol–water partition coefficient (Wildman–Crippen LogP) is 11.7. The average molecular weight is 887 g/mol. The van der Waals surface area contributed by atoms with E-state index in [4.69, 9.17) is 23.0 Å². The Labute approximate surface area is 358 Å². The SMILES string of the molecule is COc1ccc2c(OCc3ccc(F)cc3F)c(Cc3ccc(F)cc3F)c(=O)oc2c1.Cc1cc2oc(=O)c(Cc3ccc(F)cc3F)c(OCc3ccc(F)cc3F)c2cc1C. The predicted molar refractivity (Wildman–Crippen MR) is 221 cm³/mol. The second-order valence-corrected chi connectivity index (χ2v) is 14.6. The molecule has 0 aliphatic rings. The minimum absolute atomic E-state index is 0.00813. The first-order chi connectivity index (χ1) is 30.6. The molecule has 328 valence electrons. The summed E-state index contributed by atoms with van der Waals surface area (Å²) in [5.74, 6) is -5.66. The highest BCUT2D eigenvalue weighted by Gasteiger charge is 2.22. The molecule has 0 radical (unpaired) electrons. The number of benzene rings is 6. The van der Waals surface area contributed by atoms with Gasteiger partial charge in [-0.2, -0.15) is 0 Å². The molecule has 64 heavy (non-hydrogen) atoms. The highest BCUT2D eigenvalue weighted by Crippen LogP contribution is 2.34. The van der Waals surface area contributed by atoms with E-state index in [9.17, 15) is 44.7 Å². The Morgan fingerprint density at radius 1 is 0.453 bits per heavy atom. The number of fused-ring (bicyclic) bond motifs is 2. The van der Waals surface area contributed by atoms with E-state index in [1.54, 1.807) is 24.3 Å². The van der Waals surface area contributed by atoms with Gasteiger partial charge < -0.3 is 23.0 Å². The van der Waals surface area contributed by atoms with Crippen LogP contribution in [0.3, 0.4) is 0 Å². The maximum atomic E-state index is 14.3. The van der Waals surface area contributed by atoms with Gasteiger partial charge in [0.15, 0.2) is 0 Å². The van der Waals surface area contributed by atoms with Gasteiger partial charge in [-0.3, -0.25) is 0 Å². The maximum Gasteiger partial charge on any atom is 0.343 e. The number of ether oxygens (including phenoxy) is 3. The van der Waals surface area contributed by atoms with Crippen LogP contribution in [0.25, 0.3) is 21.9 Å². The Balaban J connectivity index is 0.000000191. The molecule has 0 aliphatic carbocycles. The van der Waals surface area contributed by atoms with Crippen molar-refractivity contribution in [3.63, 3.8) is 0 Å². The van der Waals surface area contributed by atoms with Gasteiger partial charge in [0.1, 0.15) is 88.2 Å². The lowest BCUT2D eigenvalue weighted by Gasteiger charge is -2.15. The quantitative estimate of drug-likeness (QED) is 0.0944. The smallest absolute Gasteiger partial charge is 0.343 e. The number of hydrogen-bond acceptors (Lipinski definition) is 7. The topological polar surface area (TPSA) is 88.1 Å². The molecule has 8 aromatic rings. The van der Waals surface area contributed by atoms with Crippen LogP contribution in [0.2, 0.25) is 0 Å². The summed E-state index contributed by atoms with van der Waals surface area (Å²) in [6.07, 6.45) is -0.476. The molecule has 6 aromatic carbocycles. The molecule has 8 rings (SSSR count). The molecule has 0 bridgehead atoms. The van der Waals surface area contributed by atoms with Crippen LogP contribution in [0.15, 0.2) is 122 Å². The van der Waals surface area contributed by atoms with Crippen LogP contribution in [0.1, 0.15) is 44.5 Å². The van der Waals surface area contributed by atoms with Crippen LogP contribution in [-0.4, -0.2) is 7.11 Å². The van der Waals surface area contributed by atoms with Gasteiger partial charge in [-0.1, -0.05) is 12.1 Å². The number of halogens is 8. The van der Waals surface area contributed by atoms with E-state index < -0.39 is 57.8 Å². The van der Waals surface area contributed by atoms with Crippen molar-refractivity contribution in [2.24, 2.45) is 0 Å². The summed E-state index contributed by atoms with van der Waals surface area (Å²) in [4.78, 5) is 25.5. The lowest BCUT2D eigenvalue weighted by Crippen LogP contribution is -2.13. The van der Waals surface area contributed by atoms with Crippen molar-refractivity contribution in [2.75, 3.05) is 7.11 Å². The van der Waals surface area contributed by atoms with Crippen LogP contribution in [-0.2, 0) is 26.1 Å². The van der Waals surface area contributed by atoms with Crippen molar-refractivity contribution in [3.05, 3.63) is 215 Å². The minimum atomic E-state index is -0.838. The maximum absolute atomic E-state index is 14.3. The Bertz CT molecular complexity index is 3180. The summed E-state index contributed by atoms with van der Waals surface area (Å²) < 4.78 is 137. The van der Waals surface area contributed by atoms with Gasteiger partial charge in [-0.25, -0.2) is 44.7 Å². The van der Waals surface area contributed by atoms with Crippen molar-refractivity contribution in [3.8, 4) is 17.2 Å². The Morgan fingerprint density at radius 2 is 0.844 bits per heavy atom.